The van der Waals surface area contributed by atoms with Crippen molar-refractivity contribution in [3.63, 3.8) is 0 Å². The van der Waals surface area contributed by atoms with E-state index in [2.05, 4.69) is 15.2 Å². The SMILES string of the molecule is CCOc1ncccc1C1C(C2C(=O)Nc3ccccc32)[N+](C(=O)[O-])(S(=O)(=O)c2ccc(OC)cc2OC)CC(Cl)N1C1CCN(C)CC1. The maximum atomic E-state index is 15.3. The van der Waals surface area contributed by atoms with E-state index in [-0.39, 0.29) is 24.3 Å². The number of amides is 2. The first kappa shape index (κ1) is 34.9. The third-order valence-electron chi connectivity index (χ3n) is 9.95. The number of halogens is 1. The highest BCUT2D eigenvalue weighted by Gasteiger charge is 2.67. The number of sulfonamides is 1. The molecule has 3 aliphatic heterocycles. The average molecular weight is 714 g/mol. The third kappa shape index (κ3) is 5.78. The second-order valence-corrected chi connectivity index (χ2v) is 15.0. The Morgan fingerprint density at radius 1 is 1.08 bits per heavy atom. The summed E-state index contributed by atoms with van der Waals surface area (Å²) in [7, 11) is -0.313. The Balaban J connectivity index is 1.70. The van der Waals surface area contributed by atoms with Crippen LogP contribution in [0.1, 0.15) is 42.9 Å². The van der Waals surface area contributed by atoms with E-state index >= 15 is 8.42 Å². The van der Waals surface area contributed by atoms with Gasteiger partial charge in [0.1, 0.15) is 35.5 Å². The maximum absolute atomic E-state index is 15.3. The molecular formula is C34H40ClN5O8S. The Morgan fingerprint density at radius 2 is 1.80 bits per heavy atom. The van der Waals surface area contributed by atoms with Gasteiger partial charge in [-0.3, -0.25) is 9.69 Å². The van der Waals surface area contributed by atoms with Crippen molar-refractivity contribution in [1.29, 1.82) is 0 Å². The molecule has 0 aliphatic carbocycles. The fourth-order valence-electron chi connectivity index (χ4n) is 7.71. The van der Waals surface area contributed by atoms with E-state index in [1.807, 2.05) is 11.9 Å². The summed E-state index contributed by atoms with van der Waals surface area (Å²) in [5, 5.41) is 16.9. The van der Waals surface area contributed by atoms with Crippen LogP contribution in [0.2, 0.25) is 0 Å². The van der Waals surface area contributed by atoms with Crippen LogP contribution < -0.4 is 24.6 Å². The molecule has 0 spiro atoms. The number of fused-ring (bicyclic) bond motifs is 1. The quantitative estimate of drug-likeness (QED) is 0.198. The molecule has 1 aromatic heterocycles. The lowest BCUT2D eigenvalue weighted by atomic mass is 9.80. The van der Waals surface area contributed by atoms with Gasteiger partial charge in [-0.25, -0.2) is 4.98 Å². The number of quaternary nitrogens is 1. The predicted octanol–water partition coefficient (Wildman–Crippen LogP) is 3.17. The minimum atomic E-state index is -5.03. The number of hydrogen-bond acceptors (Lipinski definition) is 11. The summed E-state index contributed by atoms with van der Waals surface area (Å²) in [6.07, 6.45) is 0.957. The van der Waals surface area contributed by atoms with Crippen molar-refractivity contribution < 1.29 is 41.2 Å². The van der Waals surface area contributed by atoms with Gasteiger partial charge in [-0.15, -0.1) is 0 Å². The Bertz CT molecular complexity index is 1840. The number of nitrogens with one attached hydrogen (secondary N) is 1. The lowest BCUT2D eigenvalue weighted by Crippen LogP contribution is -2.77. The molecule has 3 aromatic rings. The predicted molar refractivity (Wildman–Crippen MR) is 179 cm³/mol. The molecule has 0 saturated carbocycles. The smallest absolute Gasteiger partial charge is 0.337 e. The molecule has 1 N–H and O–H groups in total. The summed E-state index contributed by atoms with van der Waals surface area (Å²) in [5.41, 5.74) is 0.195. The molecule has 49 heavy (non-hydrogen) atoms. The largest absolute Gasteiger partial charge is 0.497 e. The Hall–Kier alpha value is -3.95. The van der Waals surface area contributed by atoms with Gasteiger partial charge in [-0.05, 0) is 69.7 Å². The van der Waals surface area contributed by atoms with E-state index in [4.69, 9.17) is 25.8 Å². The van der Waals surface area contributed by atoms with Crippen LogP contribution in [-0.4, -0.2) is 104 Å². The third-order valence-corrected chi connectivity index (χ3v) is 12.6. The van der Waals surface area contributed by atoms with Crippen molar-refractivity contribution >= 4 is 39.3 Å². The van der Waals surface area contributed by atoms with Crippen LogP contribution in [0.15, 0.2) is 65.7 Å². The molecule has 15 heteroatoms. The zero-order valence-corrected chi connectivity index (χ0v) is 29.3. The number of likely N-dealkylation sites (tertiary alicyclic amines) is 1. The topological polar surface area (TPSA) is 150 Å². The van der Waals surface area contributed by atoms with Gasteiger partial charge < -0.3 is 34.3 Å². The van der Waals surface area contributed by atoms with Crippen molar-refractivity contribution in [3.05, 3.63) is 71.9 Å². The van der Waals surface area contributed by atoms with Gasteiger partial charge in [0.2, 0.25) is 11.8 Å². The number of anilines is 1. The monoisotopic (exact) mass is 713 g/mol. The van der Waals surface area contributed by atoms with E-state index in [9.17, 15) is 14.7 Å². The van der Waals surface area contributed by atoms with E-state index in [1.54, 1.807) is 49.5 Å². The lowest BCUT2D eigenvalue weighted by molar-refractivity contribution is -0.799. The molecule has 3 aliphatic rings. The number of nitrogens with zero attached hydrogens (tertiary/aromatic N) is 4. The first-order valence-corrected chi connectivity index (χ1v) is 18.0. The number of carbonyl (C=O) groups is 2. The van der Waals surface area contributed by atoms with E-state index in [0.29, 0.717) is 35.4 Å². The molecule has 5 atom stereocenters. The summed E-state index contributed by atoms with van der Waals surface area (Å²) in [6.45, 7) is 2.86. The number of aromatic nitrogens is 1. The number of ether oxygens (including phenoxy) is 3. The normalized spacial score (nSPS) is 26.5. The first-order chi connectivity index (χ1) is 23.5. The minimum Gasteiger partial charge on any atom is -0.497 e. The molecule has 4 heterocycles. The minimum absolute atomic E-state index is 0.134. The summed E-state index contributed by atoms with van der Waals surface area (Å²) in [4.78, 5) is 36.5. The highest BCUT2D eigenvalue weighted by Crippen LogP contribution is 2.54. The van der Waals surface area contributed by atoms with Crippen LogP contribution in [0.3, 0.4) is 0 Å². The highest BCUT2D eigenvalue weighted by molar-refractivity contribution is 7.86. The molecule has 2 fully saturated rings. The average Bonchev–Trinajstić information content (AvgIpc) is 3.43. The molecule has 6 rings (SSSR count). The van der Waals surface area contributed by atoms with Gasteiger partial charge in [0.25, 0.3) is 6.09 Å². The standard InChI is InChI=1S/C34H40ClN5O8S/c1-5-48-33-24(10-8-16-36-33)30-31(29-23-9-6-7-11-25(23)37-32(29)41)40(34(42)43,20-28(35)39(30)21-14-17-38(2)18-15-21)49(44,45)27-13-12-22(46-3)19-26(27)47-4/h6-13,16,19,21,28-31H,5,14-15,17-18,20H2,1-4H3,(H-,37,41,42,43). The van der Waals surface area contributed by atoms with E-state index in [0.717, 1.165) is 13.1 Å². The molecule has 5 unspecified atom stereocenters. The summed E-state index contributed by atoms with van der Waals surface area (Å²) >= 11 is 7.31. The number of piperidine rings is 1. The number of carboxylic acid groups (broad SMARTS) is 1. The van der Waals surface area contributed by atoms with Crippen LogP contribution in [0.4, 0.5) is 10.5 Å². The molecule has 13 nitrogen and oxygen atoms in total. The second-order valence-electron chi connectivity index (χ2n) is 12.5. The number of pyridine rings is 1. The number of methoxy groups -OCH3 is 2. The maximum Gasteiger partial charge on any atom is 0.337 e. The molecule has 262 valence electrons. The number of alkyl halides is 1. The van der Waals surface area contributed by atoms with Gasteiger partial charge in [0, 0.05) is 29.6 Å². The molecule has 0 bridgehead atoms. The zero-order chi connectivity index (χ0) is 35.1. The second kappa shape index (κ2) is 13.8. The summed E-state index contributed by atoms with van der Waals surface area (Å²) in [5.74, 6) is -1.47. The number of rotatable bonds is 9. The first-order valence-electron chi connectivity index (χ1n) is 16.1. The van der Waals surface area contributed by atoms with Crippen molar-refractivity contribution in [3.8, 4) is 17.4 Å². The van der Waals surface area contributed by atoms with Crippen LogP contribution in [-0.2, 0) is 14.8 Å². The van der Waals surface area contributed by atoms with E-state index < -0.39 is 60.9 Å². The van der Waals surface area contributed by atoms with Crippen LogP contribution in [0.5, 0.6) is 17.4 Å². The molecule has 2 saturated heterocycles. The Morgan fingerprint density at radius 3 is 2.47 bits per heavy atom. The van der Waals surface area contributed by atoms with Crippen molar-refractivity contribution in [2.45, 2.75) is 54.2 Å². The van der Waals surface area contributed by atoms with Gasteiger partial charge >= 0.3 is 10.0 Å². The zero-order valence-electron chi connectivity index (χ0n) is 27.7. The van der Waals surface area contributed by atoms with E-state index in [1.165, 1.54) is 32.4 Å². The van der Waals surface area contributed by atoms with Crippen LogP contribution in [0.25, 0.3) is 0 Å². The molecule has 0 radical (unpaired) electrons. The molecular weight excluding hydrogens is 674 g/mol. The number of piperazine rings is 1. The van der Waals surface area contributed by atoms with Gasteiger partial charge in [0.05, 0.1) is 26.9 Å². The summed E-state index contributed by atoms with van der Waals surface area (Å²) in [6, 6.07) is 11.5. The molecule has 2 aromatic carbocycles. The number of benzene rings is 2. The Kier molecular flexibility index (Phi) is 9.79. The van der Waals surface area contributed by atoms with Crippen molar-refractivity contribution in [2.24, 2.45) is 0 Å². The number of hydrogen-bond donors (Lipinski definition) is 1. The lowest BCUT2D eigenvalue weighted by Gasteiger charge is -2.57. The van der Waals surface area contributed by atoms with Crippen LogP contribution >= 0.6 is 11.6 Å². The number of carbonyl (C=O) groups excluding carboxylic acids is 2. The fourth-order valence-corrected chi connectivity index (χ4v) is 10.4. The molecule has 2 amide bonds. The highest BCUT2D eigenvalue weighted by atomic mass is 35.5. The summed E-state index contributed by atoms with van der Waals surface area (Å²) < 4.78 is 45.8. The van der Waals surface area contributed by atoms with Gasteiger partial charge in [-0.2, -0.15) is 12.3 Å². The van der Waals surface area contributed by atoms with Crippen molar-refractivity contribution in [2.75, 3.05) is 52.8 Å². The van der Waals surface area contributed by atoms with Gasteiger partial charge in [-0.1, -0.05) is 35.9 Å². The van der Waals surface area contributed by atoms with Crippen molar-refractivity contribution in [1.82, 2.24) is 14.8 Å². The fraction of sp³-hybridized carbons (Fsp3) is 0.441. The van der Waals surface area contributed by atoms with Crippen LogP contribution in [0, 0.1) is 0 Å². The Labute approximate surface area is 291 Å². The number of para-hydroxylation sites is 1. The van der Waals surface area contributed by atoms with Gasteiger partial charge in [0.15, 0.2) is 4.90 Å².